The Morgan fingerprint density at radius 1 is 1.19 bits per heavy atom. The molecule has 2 fully saturated rings. The molecule has 3 nitrogen and oxygen atoms in total. The Morgan fingerprint density at radius 3 is 2.90 bits per heavy atom. The standard InChI is InChI=1S/C18H26N2O/c1-12-11-21-17-8-3-2-6-14(17)18(12)20-9-13-5-4-7-16(19)15(13)10-20/h2-3,6,8,12-13,15-16,18H,4-5,7,9-11,19H2,1H3. The van der Waals surface area contributed by atoms with Crippen LogP contribution in [-0.2, 0) is 0 Å². The minimum atomic E-state index is 0.416. The van der Waals surface area contributed by atoms with E-state index in [0.717, 1.165) is 18.3 Å². The lowest BCUT2D eigenvalue weighted by molar-refractivity contribution is 0.104. The van der Waals surface area contributed by atoms with Crippen LogP contribution in [0, 0.1) is 17.8 Å². The molecule has 1 aromatic carbocycles. The summed E-state index contributed by atoms with van der Waals surface area (Å²) in [6, 6.07) is 9.50. The number of nitrogens with zero attached hydrogens (tertiary/aromatic N) is 1. The van der Waals surface area contributed by atoms with Crippen LogP contribution in [0.1, 0.15) is 37.8 Å². The van der Waals surface area contributed by atoms with Gasteiger partial charge in [0, 0.05) is 36.7 Å². The molecule has 3 aliphatic rings. The maximum atomic E-state index is 6.39. The van der Waals surface area contributed by atoms with Gasteiger partial charge in [0.25, 0.3) is 0 Å². The van der Waals surface area contributed by atoms with E-state index in [1.54, 1.807) is 0 Å². The van der Waals surface area contributed by atoms with Crippen molar-refractivity contribution in [2.45, 2.75) is 38.3 Å². The highest BCUT2D eigenvalue weighted by Gasteiger charge is 2.43. The number of hydrogen-bond acceptors (Lipinski definition) is 3. The van der Waals surface area contributed by atoms with Crippen LogP contribution in [0.4, 0.5) is 0 Å². The van der Waals surface area contributed by atoms with Crippen molar-refractivity contribution < 1.29 is 4.74 Å². The van der Waals surface area contributed by atoms with Crippen molar-refractivity contribution in [3.63, 3.8) is 0 Å². The molecule has 1 saturated heterocycles. The first-order valence-electron chi connectivity index (χ1n) is 8.45. The van der Waals surface area contributed by atoms with E-state index in [0.29, 0.717) is 23.9 Å². The molecular weight excluding hydrogens is 260 g/mol. The fraction of sp³-hybridized carbons (Fsp3) is 0.667. The van der Waals surface area contributed by atoms with E-state index in [1.165, 1.54) is 37.9 Å². The highest BCUT2D eigenvalue weighted by atomic mass is 16.5. The summed E-state index contributed by atoms with van der Waals surface area (Å²) in [4.78, 5) is 2.70. The summed E-state index contributed by atoms with van der Waals surface area (Å²) in [6.07, 6.45) is 3.90. The second kappa shape index (κ2) is 5.29. The van der Waals surface area contributed by atoms with Gasteiger partial charge >= 0.3 is 0 Å². The smallest absolute Gasteiger partial charge is 0.124 e. The Balaban J connectivity index is 1.62. The highest BCUT2D eigenvalue weighted by Crippen LogP contribution is 2.44. The lowest BCUT2D eigenvalue weighted by Gasteiger charge is -2.38. The fourth-order valence-electron chi connectivity index (χ4n) is 4.81. The van der Waals surface area contributed by atoms with Gasteiger partial charge in [0.15, 0.2) is 0 Å². The number of likely N-dealkylation sites (tertiary alicyclic amines) is 1. The summed E-state index contributed by atoms with van der Waals surface area (Å²) in [7, 11) is 0. The van der Waals surface area contributed by atoms with E-state index >= 15 is 0 Å². The van der Waals surface area contributed by atoms with Crippen molar-refractivity contribution >= 4 is 0 Å². The molecule has 1 aromatic rings. The topological polar surface area (TPSA) is 38.5 Å². The van der Waals surface area contributed by atoms with Gasteiger partial charge in [-0.3, -0.25) is 4.90 Å². The van der Waals surface area contributed by atoms with Gasteiger partial charge in [-0.05, 0) is 30.7 Å². The maximum Gasteiger partial charge on any atom is 0.124 e. The molecule has 114 valence electrons. The van der Waals surface area contributed by atoms with Gasteiger partial charge in [-0.25, -0.2) is 0 Å². The van der Waals surface area contributed by atoms with Crippen molar-refractivity contribution in [2.24, 2.45) is 23.5 Å². The van der Waals surface area contributed by atoms with Gasteiger partial charge in [0.2, 0.25) is 0 Å². The van der Waals surface area contributed by atoms with Crippen molar-refractivity contribution in [3.05, 3.63) is 29.8 Å². The number of para-hydroxylation sites is 1. The number of hydrogen-bond donors (Lipinski definition) is 1. The first-order chi connectivity index (χ1) is 10.2. The Kier molecular flexibility index (Phi) is 3.43. The Morgan fingerprint density at radius 2 is 2.05 bits per heavy atom. The zero-order valence-corrected chi connectivity index (χ0v) is 12.9. The third kappa shape index (κ3) is 2.27. The quantitative estimate of drug-likeness (QED) is 0.863. The summed E-state index contributed by atoms with van der Waals surface area (Å²) < 4.78 is 5.91. The molecule has 3 heteroatoms. The van der Waals surface area contributed by atoms with Crippen molar-refractivity contribution in [1.82, 2.24) is 4.90 Å². The largest absolute Gasteiger partial charge is 0.493 e. The molecule has 2 heterocycles. The molecule has 1 saturated carbocycles. The number of benzene rings is 1. The monoisotopic (exact) mass is 286 g/mol. The predicted octanol–water partition coefficient (Wildman–Crippen LogP) is 2.82. The van der Waals surface area contributed by atoms with Crippen molar-refractivity contribution in [1.29, 1.82) is 0 Å². The van der Waals surface area contributed by atoms with E-state index in [-0.39, 0.29) is 0 Å². The lowest BCUT2D eigenvalue weighted by atomic mass is 9.78. The van der Waals surface area contributed by atoms with Gasteiger partial charge in [0.05, 0.1) is 6.61 Å². The molecule has 21 heavy (non-hydrogen) atoms. The zero-order valence-electron chi connectivity index (χ0n) is 12.9. The third-order valence-corrected chi connectivity index (χ3v) is 5.85. The van der Waals surface area contributed by atoms with Gasteiger partial charge < -0.3 is 10.5 Å². The zero-order chi connectivity index (χ0) is 14.4. The average molecular weight is 286 g/mol. The molecule has 0 bridgehead atoms. The normalized spacial score (nSPS) is 39.4. The van der Waals surface area contributed by atoms with Crippen LogP contribution in [0.3, 0.4) is 0 Å². The van der Waals surface area contributed by atoms with Gasteiger partial charge in [-0.2, -0.15) is 0 Å². The summed E-state index contributed by atoms with van der Waals surface area (Å²) in [6.45, 7) is 5.55. The minimum Gasteiger partial charge on any atom is -0.493 e. The second-order valence-electron chi connectivity index (χ2n) is 7.24. The second-order valence-corrected chi connectivity index (χ2v) is 7.24. The average Bonchev–Trinajstić information content (AvgIpc) is 2.92. The Bertz CT molecular complexity index is 518. The summed E-state index contributed by atoms with van der Waals surface area (Å²) >= 11 is 0. The highest BCUT2D eigenvalue weighted by molar-refractivity contribution is 5.38. The lowest BCUT2D eigenvalue weighted by Crippen LogP contribution is -2.39. The van der Waals surface area contributed by atoms with E-state index in [4.69, 9.17) is 10.5 Å². The molecule has 2 aliphatic heterocycles. The van der Waals surface area contributed by atoms with E-state index in [1.807, 2.05) is 0 Å². The number of ether oxygens (including phenoxy) is 1. The fourth-order valence-corrected chi connectivity index (χ4v) is 4.81. The number of nitrogens with two attached hydrogens (primary N) is 1. The molecule has 0 radical (unpaired) electrons. The van der Waals surface area contributed by atoms with Gasteiger partial charge in [0.1, 0.15) is 5.75 Å². The molecule has 1 aliphatic carbocycles. The van der Waals surface area contributed by atoms with E-state index < -0.39 is 0 Å². The van der Waals surface area contributed by atoms with Crippen LogP contribution >= 0.6 is 0 Å². The Hall–Kier alpha value is -1.06. The van der Waals surface area contributed by atoms with Gasteiger partial charge in [-0.1, -0.05) is 31.5 Å². The first-order valence-corrected chi connectivity index (χ1v) is 8.45. The van der Waals surface area contributed by atoms with Crippen LogP contribution in [0.25, 0.3) is 0 Å². The molecule has 0 aromatic heterocycles. The summed E-state index contributed by atoms with van der Waals surface area (Å²) in [5.74, 6) is 3.16. The minimum absolute atomic E-state index is 0.416. The van der Waals surface area contributed by atoms with Crippen LogP contribution in [0.2, 0.25) is 0 Å². The van der Waals surface area contributed by atoms with Crippen LogP contribution < -0.4 is 10.5 Å². The van der Waals surface area contributed by atoms with Crippen molar-refractivity contribution in [3.8, 4) is 5.75 Å². The molecular formula is C18H26N2O. The van der Waals surface area contributed by atoms with Gasteiger partial charge in [-0.15, -0.1) is 0 Å². The summed E-state index contributed by atoms with van der Waals surface area (Å²) in [5.41, 5.74) is 7.77. The van der Waals surface area contributed by atoms with Crippen LogP contribution in [-0.4, -0.2) is 30.6 Å². The van der Waals surface area contributed by atoms with Crippen LogP contribution in [0.5, 0.6) is 5.75 Å². The molecule has 0 amide bonds. The molecule has 2 N–H and O–H groups in total. The number of rotatable bonds is 1. The first kappa shape index (κ1) is 13.6. The predicted molar refractivity (Wildman–Crippen MR) is 84.2 cm³/mol. The summed E-state index contributed by atoms with van der Waals surface area (Å²) in [5, 5.41) is 0. The SMILES string of the molecule is CC1COc2ccccc2C1N1CC2CCCC(N)C2C1. The van der Waals surface area contributed by atoms with Crippen molar-refractivity contribution in [2.75, 3.05) is 19.7 Å². The Labute approximate surface area is 127 Å². The third-order valence-electron chi connectivity index (χ3n) is 5.85. The molecule has 5 unspecified atom stereocenters. The number of fused-ring (bicyclic) bond motifs is 2. The van der Waals surface area contributed by atoms with E-state index in [9.17, 15) is 0 Å². The molecule has 5 atom stereocenters. The molecule has 0 spiro atoms. The van der Waals surface area contributed by atoms with E-state index in [2.05, 4.69) is 36.1 Å². The maximum absolute atomic E-state index is 6.39. The van der Waals surface area contributed by atoms with Crippen LogP contribution in [0.15, 0.2) is 24.3 Å². The molecule has 4 rings (SSSR count).